The highest BCUT2D eigenvalue weighted by Crippen LogP contribution is 2.25. The van der Waals surface area contributed by atoms with Crippen molar-refractivity contribution in [1.82, 2.24) is 9.55 Å². The summed E-state index contributed by atoms with van der Waals surface area (Å²) in [6.07, 6.45) is 3.66. The highest BCUT2D eigenvalue weighted by atomic mass is 16.5. The van der Waals surface area contributed by atoms with E-state index in [0.29, 0.717) is 18.0 Å². The molecule has 2 heterocycles. The van der Waals surface area contributed by atoms with Crippen LogP contribution in [0.5, 0.6) is 0 Å². The third kappa shape index (κ3) is 3.66. The molecule has 0 bridgehead atoms. The number of rotatable bonds is 7. The number of pyridine rings is 1. The minimum absolute atomic E-state index is 0.346. The predicted molar refractivity (Wildman–Crippen MR) is 112 cm³/mol. The summed E-state index contributed by atoms with van der Waals surface area (Å²) in [6, 6.07) is 12.2. The number of methoxy groups -OCH3 is 1. The molecule has 3 aromatic rings. The van der Waals surface area contributed by atoms with Crippen LogP contribution in [0.1, 0.15) is 28.1 Å². The summed E-state index contributed by atoms with van der Waals surface area (Å²) in [5, 5.41) is 15.0. The van der Waals surface area contributed by atoms with E-state index in [4.69, 9.17) is 4.74 Å². The number of nitrogens with zero attached hydrogens (tertiary/aromatic N) is 4. The molecular formula is C22H23N5O. The van der Waals surface area contributed by atoms with Crippen LogP contribution < -0.4 is 5.43 Å². The molecule has 28 heavy (non-hydrogen) atoms. The molecule has 0 atom stereocenters. The van der Waals surface area contributed by atoms with Crippen LogP contribution in [0, 0.1) is 25.2 Å². The van der Waals surface area contributed by atoms with Crippen molar-refractivity contribution < 1.29 is 4.74 Å². The molecule has 1 N–H and O–H groups in total. The Morgan fingerprint density at radius 1 is 1.36 bits per heavy atom. The van der Waals surface area contributed by atoms with Gasteiger partial charge in [0.2, 0.25) is 0 Å². The zero-order chi connectivity index (χ0) is 20.1. The van der Waals surface area contributed by atoms with Crippen molar-refractivity contribution in [2.24, 2.45) is 5.10 Å². The van der Waals surface area contributed by atoms with E-state index in [2.05, 4.69) is 51.8 Å². The average molecular weight is 373 g/mol. The van der Waals surface area contributed by atoms with E-state index in [0.717, 1.165) is 40.0 Å². The lowest BCUT2D eigenvalue weighted by atomic mass is 10.1. The lowest BCUT2D eigenvalue weighted by molar-refractivity contribution is 0.184. The van der Waals surface area contributed by atoms with Gasteiger partial charge in [-0.1, -0.05) is 24.3 Å². The number of para-hydroxylation sites is 1. The fourth-order valence-corrected chi connectivity index (χ4v) is 3.36. The van der Waals surface area contributed by atoms with Crippen molar-refractivity contribution in [1.29, 1.82) is 5.26 Å². The summed E-state index contributed by atoms with van der Waals surface area (Å²) < 4.78 is 7.39. The van der Waals surface area contributed by atoms with Gasteiger partial charge in [-0.3, -0.25) is 5.43 Å². The molecule has 0 amide bonds. The zero-order valence-corrected chi connectivity index (χ0v) is 16.4. The molecular weight excluding hydrogens is 350 g/mol. The maximum absolute atomic E-state index is 9.53. The molecule has 1 aromatic carbocycles. The molecule has 0 fully saturated rings. The first-order chi connectivity index (χ1) is 13.6. The fraction of sp³-hybridized carbons (Fsp3) is 0.227. The fourth-order valence-electron chi connectivity index (χ4n) is 3.36. The highest BCUT2D eigenvalue weighted by Gasteiger charge is 2.13. The minimum Gasteiger partial charge on any atom is -0.380 e. The molecule has 6 nitrogen and oxygen atoms in total. The largest absolute Gasteiger partial charge is 0.380 e. The summed E-state index contributed by atoms with van der Waals surface area (Å²) in [5.41, 5.74) is 8.21. The Balaban J connectivity index is 1.98. The molecule has 3 rings (SSSR count). The molecule has 0 radical (unpaired) electrons. The summed E-state index contributed by atoms with van der Waals surface area (Å²) in [6.45, 7) is 8.86. The van der Waals surface area contributed by atoms with Crippen LogP contribution in [0.25, 0.3) is 10.9 Å². The number of nitriles is 1. The van der Waals surface area contributed by atoms with Gasteiger partial charge in [0.15, 0.2) is 5.82 Å². The van der Waals surface area contributed by atoms with Gasteiger partial charge in [-0.2, -0.15) is 10.4 Å². The van der Waals surface area contributed by atoms with Gasteiger partial charge in [-0.25, -0.2) is 4.98 Å². The number of hydrazone groups is 1. The molecule has 0 aliphatic rings. The van der Waals surface area contributed by atoms with Crippen LogP contribution in [0.3, 0.4) is 0 Å². The number of hydrogen-bond acceptors (Lipinski definition) is 5. The maximum atomic E-state index is 9.53. The topological polar surface area (TPSA) is 75.2 Å². The van der Waals surface area contributed by atoms with Gasteiger partial charge in [0, 0.05) is 47.1 Å². The van der Waals surface area contributed by atoms with E-state index >= 15 is 0 Å². The maximum Gasteiger partial charge on any atom is 0.164 e. The molecule has 0 saturated heterocycles. The molecule has 0 aliphatic heterocycles. The van der Waals surface area contributed by atoms with Crippen LogP contribution in [0.4, 0.5) is 5.82 Å². The number of aryl methyl sites for hydroxylation is 1. The van der Waals surface area contributed by atoms with E-state index in [9.17, 15) is 5.26 Å². The van der Waals surface area contributed by atoms with Crippen molar-refractivity contribution >= 4 is 22.9 Å². The van der Waals surface area contributed by atoms with Crippen LogP contribution >= 0.6 is 0 Å². The second kappa shape index (κ2) is 8.51. The van der Waals surface area contributed by atoms with Crippen molar-refractivity contribution in [3.63, 3.8) is 0 Å². The SMILES string of the molecule is C=CCn1c(C)c(/C=N\Nc2nc(C)cc(COC)c2C#N)c2ccccc21. The van der Waals surface area contributed by atoms with Crippen molar-refractivity contribution in [3.05, 3.63) is 71.1 Å². The molecule has 0 aliphatic carbocycles. The first-order valence-electron chi connectivity index (χ1n) is 8.98. The zero-order valence-electron chi connectivity index (χ0n) is 16.4. The number of ether oxygens (including phenoxy) is 1. The second-order valence-corrected chi connectivity index (χ2v) is 6.48. The molecule has 0 unspecified atom stereocenters. The quantitative estimate of drug-likeness (QED) is 0.380. The Hall–Kier alpha value is -3.43. The smallest absolute Gasteiger partial charge is 0.164 e. The Labute approximate surface area is 164 Å². The molecule has 6 heteroatoms. The highest BCUT2D eigenvalue weighted by molar-refractivity contribution is 6.01. The van der Waals surface area contributed by atoms with Gasteiger partial charge in [0.25, 0.3) is 0 Å². The summed E-state index contributed by atoms with van der Waals surface area (Å²) in [4.78, 5) is 4.42. The number of allylic oxidation sites excluding steroid dienone is 1. The Morgan fingerprint density at radius 3 is 2.86 bits per heavy atom. The Bertz CT molecular complexity index is 1090. The monoisotopic (exact) mass is 373 g/mol. The molecule has 142 valence electrons. The molecule has 2 aromatic heterocycles. The lowest BCUT2D eigenvalue weighted by Gasteiger charge is -2.09. The third-order valence-corrected chi connectivity index (χ3v) is 4.60. The molecule has 0 spiro atoms. The number of aromatic nitrogens is 2. The van der Waals surface area contributed by atoms with E-state index in [1.807, 2.05) is 31.2 Å². The summed E-state index contributed by atoms with van der Waals surface area (Å²) in [5.74, 6) is 0.429. The van der Waals surface area contributed by atoms with Crippen molar-refractivity contribution in [2.75, 3.05) is 12.5 Å². The van der Waals surface area contributed by atoms with Crippen LogP contribution in [0.2, 0.25) is 0 Å². The standard InChI is InChI=1S/C22H23N5O/c1-5-10-27-16(3)20(18-8-6-7-9-21(18)27)13-24-26-22-19(12-23)17(14-28-4)11-15(2)25-22/h5-9,11,13H,1,10,14H2,2-4H3,(H,25,26)/b24-13-. The minimum atomic E-state index is 0.346. The summed E-state index contributed by atoms with van der Waals surface area (Å²) in [7, 11) is 1.60. The third-order valence-electron chi connectivity index (χ3n) is 4.60. The van der Waals surface area contributed by atoms with Gasteiger partial charge < -0.3 is 9.30 Å². The average Bonchev–Trinajstić information content (AvgIpc) is 2.94. The normalized spacial score (nSPS) is 11.1. The van der Waals surface area contributed by atoms with Crippen molar-refractivity contribution in [3.8, 4) is 6.07 Å². The predicted octanol–water partition coefficient (Wildman–Crippen LogP) is 4.30. The van der Waals surface area contributed by atoms with E-state index in [1.165, 1.54) is 0 Å². The number of benzene rings is 1. The number of hydrogen-bond donors (Lipinski definition) is 1. The van der Waals surface area contributed by atoms with E-state index in [1.54, 1.807) is 13.3 Å². The Morgan fingerprint density at radius 2 is 2.14 bits per heavy atom. The van der Waals surface area contributed by atoms with Gasteiger partial charge >= 0.3 is 0 Å². The van der Waals surface area contributed by atoms with Gasteiger partial charge in [0.05, 0.1) is 12.8 Å². The van der Waals surface area contributed by atoms with Gasteiger partial charge in [-0.05, 0) is 26.0 Å². The van der Waals surface area contributed by atoms with Gasteiger partial charge in [-0.15, -0.1) is 6.58 Å². The number of nitrogens with one attached hydrogen (secondary N) is 1. The molecule has 0 saturated carbocycles. The first-order valence-corrected chi connectivity index (χ1v) is 8.98. The second-order valence-electron chi connectivity index (χ2n) is 6.48. The van der Waals surface area contributed by atoms with E-state index in [-0.39, 0.29) is 0 Å². The van der Waals surface area contributed by atoms with Crippen LogP contribution in [-0.4, -0.2) is 22.9 Å². The number of anilines is 1. The van der Waals surface area contributed by atoms with Crippen LogP contribution in [-0.2, 0) is 17.9 Å². The van der Waals surface area contributed by atoms with Gasteiger partial charge in [0.1, 0.15) is 11.6 Å². The number of fused-ring (bicyclic) bond motifs is 1. The van der Waals surface area contributed by atoms with Crippen molar-refractivity contribution in [2.45, 2.75) is 27.0 Å². The first kappa shape index (κ1) is 19.3. The Kier molecular flexibility index (Phi) is 5.87. The summed E-state index contributed by atoms with van der Waals surface area (Å²) >= 11 is 0. The van der Waals surface area contributed by atoms with Crippen LogP contribution in [0.15, 0.2) is 48.1 Å². The van der Waals surface area contributed by atoms with E-state index < -0.39 is 0 Å². The lowest BCUT2D eigenvalue weighted by Crippen LogP contribution is -2.04.